The fraction of sp³-hybridized carbons (Fsp3) is 0.375. The van der Waals surface area contributed by atoms with Gasteiger partial charge in [0, 0.05) is 0 Å². The molecule has 1 unspecified atom stereocenters. The molecule has 2 N–H and O–H groups in total. The summed E-state index contributed by atoms with van der Waals surface area (Å²) in [6, 6.07) is 10.3. The molecule has 2 rings (SSSR count). The van der Waals surface area contributed by atoms with Crippen LogP contribution in [0.4, 0.5) is 0 Å². The fourth-order valence-electron chi connectivity index (χ4n) is 2.17. The highest BCUT2D eigenvalue weighted by atomic mass is 16.3. The van der Waals surface area contributed by atoms with E-state index >= 15 is 0 Å². The second kappa shape index (κ2) is 6.55. The highest BCUT2D eigenvalue weighted by molar-refractivity contribution is 5.22. The number of aliphatic hydroxyl groups excluding tert-OH is 1. The summed E-state index contributed by atoms with van der Waals surface area (Å²) in [4.78, 5) is 0. The topological polar surface area (TPSA) is 45.4 Å². The summed E-state index contributed by atoms with van der Waals surface area (Å²) >= 11 is 0. The molecule has 0 amide bonds. The van der Waals surface area contributed by atoms with Gasteiger partial charge in [-0.25, -0.2) is 0 Å². The third-order valence-corrected chi connectivity index (χ3v) is 3.36. The summed E-state index contributed by atoms with van der Waals surface area (Å²) in [5.74, 6) is 1.01. The number of benzene rings is 1. The number of hydrogen-bond donors (Lipinski definition) is 2. The normalized spacial score (nSPS) is 12.6. The molecule has 0 aliphatic carbocycles. The SMILES string of the molecule is Cc1ccoc1C(C)NCCc1ccc(CO)cc1. The van der Waals surface area contributed by atoms with E-state index in [2.05, 4.69) is 31.3 Å². The van der Waals surface area contributed by atoms with Crippen LogP contribution in [0.3, 0.4) is 0 Å². The minimum atomic E-state index is 0.104. The molecule has 1 heterocycles. The van der Waals surface area contributed by atoms with Gasteiger partial charge in [0.15, 0.2) is 0 Å². The third-order valence-electron chi connectivity index (χ3n) is 3.36. The molecule has 102 valence electrons. The molecular formula is C16H21NO2. The van der Waals surface area contributed by atoms with E-state index in [1.54, 1.807) is 6.26 Å². The maximum absolute atomic E-state index is 8.99. The summed E-state index contributed by atoms with van der Waals surface area (Å²) in [7, 11) is 0. The fourth-order valence-corrected chi connectivity index (χ4v) is 2.17. The first-order valence-corrected chi connectivity index (χ1v) is 6.66. The number of aryl methyl sites for hydroxylation is 1. The maximum Gasteiger partial charge on any atom is 0.123 e. The van der Waals surface area contributed by atoms with Crippen LogP contribution >= 0.6 is 0 Å². The molecule has 3 heteroatoms. The van der Waals surface area contributed by atoms with Crippen molar-refractivity contribution in [2.24, 2.45) is 0 Å². The van der Waals surface area contributed by atoms with Crippen LogP contribution in [-0.2, 0) is 13.0 Å². The lowest BCUT2D eigenvalue weighted by molar-refractivity contribution is 0.282. The minimum absolute atomic E-state index is 0.104. The van der Waals surface area contributed by atoms with Crippen LogP contribution in [0.25, 0.3) is 0 Å². The van der Waals surface area contributed by atoms with Crippen molar-refractivity contribution in [2.75, 3.05) is 6.54 Å². The van der Waals surface area contributed by atoms with Crippen molar-refractivity contribution >= 4 is 0 Å². The molecule has 0 saturated heterocycles. The molecule has 1 atom stereocenters. The van der Waals surface area contributed by atoms with Crippen molar-refractivity contribution in [2.45, 2.75) is 32.9 Å². The Balaban J connectivity index is 1.81. The van der Waals surface area contributed by atoms with Gasteiger partial charge in [-0.05, 0) is 49.6 Å². The predicted molar refractivity (Wildman–Crippen MR) is 75.9 cm³/mol. The van der Waals surface area contributed by atoms with E-state index in [9.17, 15) is 0 Å². The number of hydrogen-bond acceptors (Lipinski definition) is 3. The van der Waals surface area contributed by atoms with E-state index in [1.165, 1.54) is 11.1 Å². The van der Waals surface area contributed by atoms with Gasteiger partial charge in [-0.2, -0.15) is 0 Å². The maximum atomic E-state index is 8.99. The van der Waals surface area contributed by atoms with E-state index in [1.807, 2.05) is 18.2 Å². The Kier molecular flexibility index (Phi) is 4.77. The first kappa shape index (κ1) is 13.8. The van der Waals surface area contributed by atoms with Gasteiger partial charge in [0.2, 0.25) is 0 Å². The van der Waals surface area contributed by atoms with Crippen molar-refractivity contribution in [3.05, 3.63) is 59.0 Å². The van der Waals surface area contributed by atoms with Crippen molar-refractivity contribution in [1.29, 1.82) is 0 Å². The summed E-state index contributed by atoms with van der Waals surface area (Å²) in [6.07, 6.45) is 2.70. The van der Waals surface area contributed by atoms with Crippen molar-refractivity contribution in [3.63, 3.8) is 0 Å². The van der Waals surface area contributed by atoms with Gasteiger partial charge in [-0.1, -0.05) is 24.3 Å². The van der Waals surface area contributed by atoms with Gasteiger partial charge in [-0.15, -0.1) is 0 Å². The monoisotopic (exact) mass is 259 g/mol. The molecule has 0 aliphatic heterocycles. The standard InChI is InChI=1S/C16H21NO2/c1-12-8-10-19-16(12)13(2)17-9-7-14-3-5-15(11-18)6-4-14/h3-6,8,10,13,17-18H,7,9,11H2,1-2H3. The molecule has 1 aromatic carbocycles. The number of aliphatic hydroxyl groups is 1. The number of furan rings is 1. The molecule has 0 aliphatic rings. The molecule has 0 spiro atoms. The van der Waals surface area contributed by atoms with Crippen LogP contribution in [0.15, 0.2) is 41.0 Å². The quantitative estimate of drug-likeness (QED) is 0.838. The minimum Gasteiger partial charge on any atom is -0.467 e. The second-order valence-electron chi connectivity index (χ2n) is 4.87. The van der Waals surface area contributed by atoms with Crippen LogP contribution in [0.1, 0.15) is 35.4 Å². The van der Waals surface area contributed by atoms with E-state index in [0.717, 1.165) is 24.3 Å². The average molecular weight is 259 g/mol. The zero-order valence-corrected chi connectivity index (χ0v) is 11.5. The Hall–Kier alpha value is -1.58. The van der Waals surface area contributed by atoms with Crippen LogP contribution in [0.2, 0.25) is 0 Å². The lowest BCUT2D eigenvalue weighted by Crippen LogP contribution is -2.21. The zero-order valence-electron chi connectivity index (χ0n) is 11.5. The van der Waals surface area contributed by atoms with Crippen molar-refractivity contribution in [3.8, 4) is 0 Å². The molecule has 3 nitrogen and oxygen atoms in total. The summed E-state index contributed by atoms with van der Waals surface area (Å²) in [5.41, 5.74) is 3.41. The van der Waals surface area contributed by atoms with Gasteiger partial charge in [0.1, 0.15) is 5.76 Å². The number of nitrogens with one attached hydrogen (secondary N) is 1. The van der Waals surface area contributed by atoms with Gasteiger partial charge in [-0.3, -0.25) is 0 Å². The first-order valence-electron chi connectivity index (χ1n) is 6.66. The highest BCUT2D eigenvalue weighted by Crippen LogP contribution is 2.17. The molecule has 2 aromatic rings. The first-order chi connectivity index (χ1) is 9.20. The zero-order chi connectivity index (χ0) is 13.7. The van der Waals surface area contributed by atoms with Gasteiger partial charge in [0.25, 0.3) is 0 Å². The average Bonchev–Trinajstić information content (AvgIpc) is 2.86. The molecule has 0 radical (unpaired) electrons. The molecular weight excluding hydrogens is 238 g/mol. The lowest BCUT2D eigenvalue weighted by atomic mass is 10.1. The Morgan fingerprint density at radius 1 is 1.16 bits per heavy atom. The molecule has 1 aromatic heterocycles. The molecule has 19 heavy (non-hydrogen) atoms. The predicted octanol–water partition coefficient (Wildman–Crippen LogP) is 2.97. The highest BCUT2D eigenvalue weighted by Gasteiger charge is 2.10. The van der Waals surface area contributed by atoms with E-state index in [-0.39, 0.29) is 12.6 Å². The van der Waals surface area contributed by atoms with Crippen LogP contribution in [0, 0.1) is 6.92 Å². The van der Waals surface area contributed by atoms with Gasteiger partial charge >= 0.3 is 0 Å². The van der Waals surface area contributed by atoms with Crippen molar-refractivity contribution in [1.82, 2.24) is 5.32 Å². The van der Waals surface area contributed by atoms with E-state index < -0.39 is 0 Å². The van der Waals surface area contributed by atoms with Crippen LogP contribution in [-0.4, -0.2) is 11.7 Å². The Morgan fingerprint density at radius 3 is 2.42 bits per heavy atom. The van der Waals surface area contributed by atoms with Gasteiger partial charge < -0.3 is 14.8 Å². The summed E-state index contributed by atoms with van der Waals surface area (Å²) in [6.45, 7) is 5.18. The third kappa shape index (κ3) is 3.69. The summed E-state index contributed by atoms with van der Waals surface area (Å²) in [5, 5.41) is 12.4. The number of rotatable bonds is 6. The smallest absolute Gasteiger partial charge is 0.123 e. The Morgan fingerprint density at radius 2 is 1.84 bits per heavy atom. The van der Waals surface area contributed by atoms with E-state index in [0.29, 0.717) is 0 Å². The largest absolute Gasteiger partial charge is 0.467 e. The van der Waals surface area contributed by atoms with Crippen LogP contribution in [0.5, 0.6) is 0 Å². The van der Waals surface area contributed by atoms with E-state index in [4.69, 9.17) is 9.52 Å². The lowest BCUT2D eigenvalue weighted by Gasteiger charge is -2.12. The Labute approximate surface area is 114 Å². The Bertz CT molecular complexity index is 502. The van der Waals surface area contributed by atoms with Crippen LogP contribution < -0.4 is 5.32 Å². The van der Waals surface area contributed by atoms with Gasteiger partial charge in [0.05, 0.1) is 18.9 Å². The summed E-state index contributed by atoms with van der Waals surface area (Å²) < 4.78 is 5.47. The van der Waals surface area contributed by atoms with Crippen molar-refractivity contribution < 1.29 is 9.52 Å². The second-order valence-corrected chi connectivity index (χ2v) is 4.87. The molecule has 0 fully saturated rings. The molecule has 0 saturated carbocycles. The molecule has 0 bridgehead atoms.